The van der Waals surface area contributed by atoms with Crippen LogP contribution in [0, 0.1) is 0 Å². The normalized spacial score (nSPS) is 12.2. The Morgan fingerprint density at radius 3 is 2.17 bits per heavy atom. The quantitative estimate of drug-likeness (QED) is 0.194. The van der Waals surface area contributed by atoms with Gasteiger partial charge in [-0.2, -0.15) is 0 Å². The fourth-order valence-electron chi connectivity index (χ4n) is 7.36. The van der Waals surface area contributed by atoms with Crippen molar-refractivity contribution in [1.29, 1.82) is 0 Å². The van der Waals surface area contributed by atoms with Crippen LogP contribution in [0.3, 0.4) is 0 Å². The summed E-state index contributed by atoms with van der Waals surface area (Å²) in [5.74, 6) is 0. The van der Waals surface area contributed by atoms with Gasteiger partial charge in [0.15, 0.2) is 16.7 Å². The molecule has 0 fully saturated rings. The van der Waals surface area contributed by atoms with Crippen molar-refractivity contribution in [3.8, 4) is 28.2 Å². The maximum Gasteiger partial charge on any atom is 0.248 e. The Balaban J connectivity index is 1.28. The highest BCUT2D eigenvalue weighted by Crippen LogP contribution is 2.47. The van der Waals surface area contributed by atoms with Crippen LogP contribution >= 0.6 is 11.3 Å². The zero-order valence-corrected chi connectivity index (χ0v) is 26.2. The van der Waals surface area contributed by atoms with E-state index in [0.29, 0.717) is 5.71 Å². The van der Waals surface area contributed by atoms with Crippen molar-refractivity contribution in [2.45, 2.75) is 0 Å². The molecule has 0 amide bonds. The summed E-state index contributed by atoms with van der Waals surface area (Å²) in [6.45, 7) is 0. The summed E-state index contributed by atoms with van der Waals surface area (Å²) in [7, 11) is 0. The summed E-state index contributed by atoms with van der Waals surface area (Å²) in [6, 6.07) is 48.2. The average molecular weight is 634 g/mol. The van der Waals surface area contributed by atoms with Crippen LogP contribution in [0.2, 0.25) is 0 Å². The van der Waals surface area contributed by atoms with Gasteiger partial charge < -0.3 is 13.4 Å². The van der Waals surface area contributed by atoms with Gasteiger partial charge in [-0.25, -0.2) is 9.97 Å². The van der Waals surface area contributed by atoms with Crippen molar-refractivity contribution in [3.05, 3.63) is 140 Å². The predicted molar refractivity (Wildman–Crippen MR) is 197 cm³/mol. The fourth-order valence-corrected chi connectivity index (χ4v) is 8.58. The van der Waals surface area contributed by atoms with Crippen LogP contribution < -0.4 is 0 Å². The predicted octanol–water partition coefficient (Wildman–Crippen LogP) is 11.9. The number of benzene rings is 6. The number of hydrogen-bond acceptors (Lipinski definition) is 5. The van der Waals surface area contributed by atoms with E-state index >= 15 is 0 Å². The molecule has 0 aliphatic rings. The van der Waals surface area contributed by atoms with Gasteiger partial charge in [-0.05, 0) is 42.5 Å². The van der Waals surface area contributed by atoms with E-state index in [-0.39, 0.29) is 0 Å². The first-order chi connectivity index (χ1) is 23.8. The topological polar surface area (TPSA) is 57.0 Å². The minimum absolute atomic E-state index is 0.518. The van der Waals surface area contributed by atoms with E-state index < -0.39 is 0 Å². The lowest BCUT2D eigenvalue weighted by atomic mass is 9.99. The Hall–Kier alpha value is -6.24. The zero-order valence-electron chi connectivity index (χ0n) is 25.3. The number of aromatic nitrogens is 3. The molecular formula is C42H23N3O2S. The summed E-state index contributed by atoms with van der Waals surface area (Å²) in [4.78, 5) is 10.8. The Kier molecular flexibility index (Phi) is 5.20. The highest BCUT2D eigenvalue weighted by atomic mass is 32.1. The molecule has 5 aromatic heterocycles. The average Bonchev–Trinajstić information content (AvgIpc) is 3.90. The maximum atomic E-state index is 6.64. The minimum Gasteiger partial charge on any atom is -0.455 e. The lowest BCUT2D eigenvalue weighted by Gasteiger charge is -2.11. The van der Waals surface area contributed by atoms with Gasteiger partial charge in [0.05, 0.1) is 15.9 Å². The van der Waals surface area contributed by atoms with Crippen LogP contribution in [-0.4, -0.2) is 14.5 Å². The largest absolute Gasteiger partial charge is 0.455 e. The number of furan rings is 2. The van der Waals surface area contributed by atoms with E-state index in [1.807, 2.05) is 42.5 Å². The molecule has 0 spiro atoms. The van der Waals surface area contributed by atoms with E-state index in [2.05, 4.69) is 102 Å². The lowest BCUT2D eigenvalue weighted by molar-refractivity contribution is 0.657. The van der Waals surface area contributed by atoms with E-state index in [1.54, 1.807) is 11.3 Å². The van der Waals surface area contributed by atoms with Gasteiger partial charge in [-0.1, -0.05) is 97.1 Å². The van der Waals surface area contributed by atoms with Crippen LogP contribution in [0.1, 0.15) is 0 Å². The van der Waals surface area contributed by atoms with Gasteiger partial charge in [0.25, 0.3) is 0 Å². The molecule has 11 rings (SSSR count). The van der Waals surface area contributed by atoms with Crippen LogP contribution in [0.5, 0.6) is 0 Å². The van der Waals surface area contributed by atoms with Gasteiger partial charge in [0, 0.05) is 48.4 Å². The van der Waals surface area contributed by atoms with Crippen LogP contribution in [0.4, 0.5) is 0 Å². The second-order valence-electron chi connectivity index (χ2n) is 12.1. The first kappa shape index (κ1) is 25.9. The fraction of sp³-hybridized carbons (Fsp3) is 0. The van der Waals surface area contributed by atoms with Crippen molar-refractivity contribution in [1.82, 2.24) is 14.5 Å². The third-order valence-corrected chi connectivity index (χ3v) is 10.6. The number of nitrogens with zero attached hydrogens (tertiary/aromatic N) is 3. The third kappa shape index (κ3) is 3.49. The standard InChI is InChI=1S/C42H23N3O2S/c1-3-12-24(13-4-1)35-36(29-18-11-21-33-34(29)30-23-22-27-26-16-8-10-20-32(26)46-40(27)41(30)48-33)43-37-38-39(47-42(37)44-35)28-17-7-9-19-31(28)45(38)25-14-5-2-6-15-25/h1-23H. The molecule has 0 bridgehead atoms. The van der Waals surface area contributed by atoms with Gasteiger partial charge >= 0.3 is 0 Å². The molecule has 0 N–H and O–H groups in total. The summed E-state index contributed by atoms with van der Waals surface area (Å²) in [5, 5.41) is 5.59. The van der Waals surface area contributed by atoms with Gasteiger partial charge in [0.2, 0.25) is 5.71 Å². The molecule has 48 heavy (non-hydrogen) atoms. The summed E-state index contributed by atoms with van der Waals surface area (Å²) in [6.07, 6.45) is 0. The molecular weight excluding hydrogens is 611 g/mol. The molecule has 0 atom stereocenters. The Labute approximate surface area is 276 Å². The number of para-hydroxylation sites is 3. The molecule has 0 saturated carbocycles. The summed E-state index contributed by atoms with van der Waals surface area (Å²) >= 11 is 1.76. The molecule has 0 aliphatic heterocycles. The zero-order chi connectivity index (χ0) is 31.3. The van der Waals surface area contributed by atoms with Gasteiger partial charge in [-0.15, -0.1) is 11.3 Å². The summed E-state index contributed by atoms with van der Waals surface area (Å²) < 4.78 is 17.7. The lowest BCUT2D eigenvalue weighted by Crippen LogP contribution is -1.97. The molecule has 6 aromatic carbocycles. The molecule has 6 heteroatoms. The molecule has 5 heterocycles. The maximum absolute atomic E-state index is 6.64. The van der Waals surface area contributed by atoms with Gasteiger partial charge in [0.1, 0.15) is 16.8 Å². The molecule has 0 aliphatic carbocycles. The Morgan fingerprint density at radius 1 is 0.542 bits per heavy atom. The van der Waals surface area contributed by atoms with Gasteiger partial charge in [-0.3, -0.25) is 0 Å². The van der Waals surface area contributed by atoms with Crippen molar-refractivity contribution >= 4 is 86.7 Å². The van der Waals surface area contributed by atoms with Crippen molar-refractivity contribution in [2.24, 2.45) is 0 Å². The first-order valence-corrected chi connectivity index (χ1v) is 16.7. The van der Waals surface area contributed by atoms with E-state index in [4.69, 9.17) is 18.8 Å². The molecule has 5 nitrogen and oxygen atoms in total. The molecule has 0 saturated heterocycles. The van der Waals surface area contributed by atoms with E-state index in [9.17, 15) is 0 Å². The van der Waals surface area contributed by atoms with Crippen LogP contribution in [0.25, 0.3) is 104 Å². The molecule has 0 radical (unpaired) electrons. The van der Waals surface area contributed by atoms with E-state index in [0.717, 1.165) is 93.1 Å². The Morgan fingerprint density at radius 2 is 1.29 bits per heavy atom. The smallest absolute Gasteiger partial charge is 0.248 e. The van der Waals surface area contributed by atoms with E-state index in [1.165, 1.54) is 4.70 Å². The summed E-state index contributed by atoms with van der Waals surface area (Å²) in [5.41, 5.74) is 10.5. The van der Waals surface area contributed by atoms with Crippen LogP contribution in [-0.2, 0) is 0 Å². The number of rotatable bonds is 3. The highest BCUT2D eigenvalue weighted by molar-refractivity contribution is 7.26. The van der Waals surface area contributed by atoms with Crippen LogP contribution in [0.15, 0.2) is 148 Å². The molecule has 224 valence electrons. The minimum atomic E-state index is 0.518. The third-order valence-electron chi connectivity index (χ3n) is 9.44. The molecule has 0 unspecified atom stereocenters. The Bertz CT molecular complexity index is 3060. The monoisotopic (exact) mass is 633 g/mol. The second kappa shape index (κ2) is 9.64. The van der Waals surface area contributed by atoms with Crippen molar-refractivity contribution in [3.63, 3.8) is 0 Å². The van der Waals surface area contributed by atoms with Crippen molar-refractivity contribution in [2.75, 3.05) is 0 Å². The number of thiophene rings is 1. The highest BCUT2D eigenvalue weighted by Gasteiger charge is 2.25. The number of hydrogen-bond donors (Lipinski definition) is 0. The molecule has 11 aromatic rings. The van der Waals surface area contributed by atoms with Crippen molar-refractivity contribution < 1.29 is 8.83 Å². The SMILES string of the molecule is c1ccc(-c2nc3oc4c5ccccc5n(-c5ccccc5)c4c3nc2-c2cccc3sc4c(ccc5c6ccccc6oc54)c23)cc1. The number of fused-ring (bicyclic) bond motifs is 12. The first-order valence-electron chi connectivity index (χ1n) is 15.9. The second-order valence-corrected chi connectivity index (χ2v) is 13.2.